The number of benzene rings is 1. The van der Waals surface area contributed by atoms with Crippen molar-refractivity contribution in [1.29, 1.82) is 0 Å². The van der Waals surface area contributed by atoms with Crippen LogP contribution >= 0.6 is 11.8 Å². The molecule has 0 saturated carbocycles. The van der Waals surface area contributed by atoms with E-state index in [2.05, 4.69) is 5.32 Å². The quantitative estimate of drug-likeness (QED) is 0.643. The molecule has 0 fully saturated rings. The van der Waals surface area contributed by atoms with Gasteiger partial charge in [-0.25, -0.2) is 0 Å². The summed E-state index contributed by atoms with van der Waals surface area (Å²) in [6.45, 7) is 3.66. The molecule has 1 amide bonds. The Morgan fingerprint density at radius 3 is 2.74 bits per heavy atom. The molecule has 0 aliphatic heterocycles. The fourth-order valence-corrected chi connectivity index (χ4v) is 2.27. The number of hydrogen-bond acceptors (Lipinski definition) is 4. The first-order chi connectivity index (χ1) is 8.95. The molecule has 0 spiro atoms. The van der Waals surface area contributed by atoms with Gasteiger partial charge in [0.2, 0.25) is 0 Å². The highest BCUT2D eigenvalue weighted by Crippen LogP contribution is 2.17. The van der Waals surface area contributed by atoms with Gasteiger partial charge < -0.3 is 5.32 Å². The zero-order valence-corrected chi connectivity index (χ0v) is 12.1. The van der Waals surface area contributed by atoms with Gasteiger partial charge in [0, 0.05) is 23.7 Å². The summed E-state index contributed by atoms with van der Waals surface area (Å²) in [6.07, 6.45) is 2.92. The Morgan fingerprint density at radius 1 is 1.53 bits per heavy atom. The maximum atomic E-state index is 12.0. The van der Waals surface area contributed by atoms with Crippen molar-refractivity contribution < 1.29 is 9.72 Å². The molecular formula is C13H18N2O3S. The van der Waals surface area contributed by atoms with Gasteiger partial charge in [0.1, 0.15) is 0 Å². The SMILES string of the molecule is CSCC[C@H](C)NC(=O)c1ccc([N+](=O)[O-])cc1C. The zero-order chi connectivity index (χ0) is 14.4. The van der Waals surface area contributed by atoms with E-state index < -0.39 is 4.92 Å². The summed E-state index contributed by atoms with van der Waals surface area (Å²) < 4.78 is 0. The number of nitro groups is 1. The number of aryl methyl sites for hydroxylation is 1. The van der Waals surface area contributed by atoms with E-state index in [1.54, 1.807) is 18.7 Å². The average Bonchev–Trinajstić information content (AvgIpc) is 2.35. The molecule has 1 aromatic rings. The molecule has 0 aliphatic carbocycles. The summed E-state index contributed by atoms with van der Waals surface area (Å²) in [5.41, 5.74) is 1.11. The van der Waals surface area contributed by atoms with Crippen LogP contribution in [0.1, 0.15) is 29.3 Å². The zero-order valence-electron chi connectivity index (χ0n) is 11.3. The number of nitro benzene ring substituents is 1. The third kappa shape index (κ3) is 4.55. The van der Waals surface area contributed by atoms with Crippen LogP contribution in [-0.2, 0) is 0 Å². The minimum Gasteiger partial charge on any atom is -0.350 e. The largest absolute Gasteiger partial charge is 0.350 e. The fourth-order valence-electron chi connectivity index (χ4n) is 1.68. The summed E-state index contributed by atoms with van der Waals surface area (Å²) in [5.74, 6) is 0.807. The minimum absolute atomic E-state index is 0.00415. The molecule has 104 valence electrons. The van der Waals surface area contributed by atoms with Crippen LogP contribution in [0.15, 0.2) is 18.2 Å². The van der Waals surface area contributed by atoms with Gasteiger partial charge in [-0.2, -0.15) is 11.8 Å². The van der Waals surface area contributed by atoms with Crippen LogP contribution < -0.4 is 5.32 Å². The Balaban J connectivity index is 2.74. The number of hydrogen-bond donors (Lipinski definition) is 1. The predicted octanol–water partition coefficient (Wildman–Crippen LogP) is 2.77. The molecule has 1 N–H and O–H groups in total. The van der Waals surface area contributed by atoms with Gasteiger partial charge in [-0.3, -0.25) is 14.9 Å². The van der Waals surface area contributed by atoms with Crippen molar-refractivity contribution in [2.24, 2.45) is 0 Å². The van der Waals surface area contributed by atoms with Crippen molar-refractivity contribution >= 4 is 23.4 Å². The van der Waals surface area contributed by atoms with Crippen molar-refractivity contribution in [1.82, 2.24) is 5.32 Å². The lowest BCUT2D eigenvalue weighted by Crippen LogP contribution is -2.33. The highest BCUT2D eigenvalue weighted by Gasteiger charge is 2.15. The van der Waals surface area contributed by atoms with Gasteiger partial charge in [0.25, 0.3) is 11.6 Å². The number of amides is 1. The van der Waals surface area contributed by atoms with E-state index in [1.165, 1.54) is 18.2 Å². The lowest BCUT2D eigenvalue weighted by Gasteiger charge is -2.14. The summed E-state index contributed by atoms with van der Waals surface area (Å²) in [4.78, 5) is 22.2. The van der Waals surface area contributed by atoms with Crippen LogP contribution in [-0.4, -0.2) is 28.9 Å². The number of nitrogens with one attached hydrogen (secondary N) is 1. The molecule has 5 nitrogen and oxygen atoms in total. The first kappa shape index (κ1) is 15.5. The number of nitrogens with zero attached hydrogens (tertiary/aromatic N) is 1. The topological polar surface area (TPSA) is 72.2 Å². The van der Waals surface area contributed by atoms with Gasteiger partial charge in [-0.15, -0.1) is 0 Å². The Labute approximate surface area is 116 Å². The highest BCUT2D eigenvalue weighted by atomic mass is 32.2. The van der Waals surface area contributed by atoms with Crippen LogP contribution in [0, 0.1) is 17.0 Å². The van der Waals surface area contributed by atoms with Gasteiger partial charge in [0.15, 0.2) is 0 Å². The predicted molar refractivity (Wildman–Crippen MR) is 77.8 cm³/mol. The van der Waals surface area contributed by atoms with E-state index in [-0.39, 0.29) is 17.6 Å². The first-order valence-electron chi connectivity index (χ1n) is 6.00. The second-order valence-corrected chi connectivity index (χ2v) is 5.40. The van der Waals surface area contributed by atoms with E-state index in [0.29, 0.717) is 11.1 Å². The van der Waals surface area contributed by atoms with Crippen LogP contribution in [0.5, 0.6) is 0 Å². The summed E-state index contributed by atoms with van der Waals surface area (Å²) in [6, 6.07) is 4.37. The molecule has 1 aromatic carbocycles. The Kier molecular flexibility index (Phi) is 5.82. The Hall–Kier alpha value is -1.56. The monoisotopic (exact) mass is 282 g/mol. The number of thioether (sulfide) groups is 1. The van der Waals surface area contributed by atoms with E-state index in [4.69, 9.17) is 0 Å². The molecule has 19 heavy (non-hydrogen) atoms. The standard InChI is InChI=1S/C13H18N2O3S/c1-9-8-11(15(17)18)4-5-12(9)13(16)14-10(2)6-7-19-3/h4-5,8,10H,6-7H2,1-3H3,(H,14,16)/t10-/m0/s1. The van der Waals surface area contributed by atoms with Crippen LogP contribution in [0.3, 0.4) is 0 Å². The van der Waals surface area contributed by atoms with Crippen LogP contribution in [0.4, 0.5) is 5.69 Å². The second-order valence-electron chi connectivity index (χ2n) is 4.41. The molecule has 1 atom stereocenters. The third-order valence-electron chi connectivity index (χ3n) is 2.80. The third-order valence-corrected chi connectivity index (χ3v) is 3.44. The highest BCUT2D eigenvalue weighted by molar-refractivity contribution is 7.98. The molecular weight excluding hydrogens is 264 g/mol. The number of rotatable bonds is 6. The van der Waals surface area contributed by atoms with E-state index >= 15 is 0 Å². The van der Waals surface area contributed by atoms with Crippen molar-refractivity contribution in [3.8, 4) is 0 Å². The molecule has 0 heterocycles. The lowest BCUT2D eigenvalue weighted by molar-refractivity contribution is -0.384. The molecule has 0 radical (unpaired) electrons. The van der Waals surface area contributed by atoms with Gasteiger partial charge in [-0.05, 0) is 43.9 Å². The number of carbonyl (C=O) groups is 1. The summed E-state index contributed by atoms with van der Waals surface area (Å²) in [7, 11) is 0. The van der Waals surface area contributed by atoms with Gasteiger partial charge in [-0.1, -0.05) is 0 Å². The number of carbonyl (C=O) groups excluding carboxylic acids is 1. The van der Waals surface area contributed by atoms with Crippen molar-refractivity contribution in [2.45, 2.75) is 26.3 Å². The number of non-ortho nitro benzene ring substituents is 1. The molecule has 0 aromatic heterocycles. The van der Waals surface area contributed by atoms with Crippen molar-refractivity contribution in [3.63, 3.8) is 0 Å². The van der Waals surface area contributed by atoms with Crippen molar-refractivity contribution in [3.05, 3.63) is 39.4 Å². The maximum Gasteiger partial charge on any atom is 0.269 e. The van der Waals surface area contributed by atoms with Gasteiger partial charge in [0.05, 0.1) is 4.92 Å². The second kappa shape index (κ2) is 7.13. The van der Waals surface area contributed by atoms with Crippen LogP contribution in [0.2, 0.25) is 0 Å². The first-order valence-corrected chi connectivity index (χ1v) is 7.40. The Bertz CT molecular complexity index is 477. The normalized spacial score (nSPS) is 11.9. The smallest absolute Gasteiger partial charge is 0.269 e. The maximum absolute atomic E-state index is 12.0. The summed E-state index contributed by atoms with van der Waals surface area (Å²) in [5, 5.41) is 13.5. The molecule has 6 heteroatoms. The van der Waals surface area contributed by atoms with Crippen LogP contribution in [0.25, 0.3) is 0 Å². The summed E-state index contributed by atoms with van der Waals surface area (Å²) >= 11 is 1.73. The average molecular weight is 282 g/mol. The van der Waals surface area contributed by atoms with E-state index in [9.17, 15) is 14.9 Å². The molecule has 0 bridgehead atoms. The van der Waals surface area contributed by atoms with E-state index in [1.807, 2.05) is 13.2 Å². The fraction of sp³-hybridized carbons (Fsp3) is 0.462. The lowest BCUT2D eigenvalue weighted by atomic mass is 10.1. The Morgan fingerprint density at radius 2 is 2.21 bits per heavy atom. The molecule has 0 saturated heterocycles. The molecule has 0 aliphatic rings. The minimum atomic E-state index is -0.463. The van der Waals surface area contributed by atoms with Gasteiger partial charge >= 0.3 is 0 Å². The molecule has 1 rings (SSSR count). The molecule has 0 unspecified atom stereocenters. The van der Waals surface area contributed by atoms with Crippen molar-refractivity contribution in [2.75, 3.05) is 12.0 Å². The van der Waals surface area contributed by atoms with E-state index in [0.717, 1.165) is 12.2 Å².